The third-order valence-corrected chi connectivity index (χ3v) is 4.91. The van der Waals surface area contributed by atoms with E-state index in [1.54, 1.807) is 0 Å². The van der Waals surface area contributed by atoms with Crippen molar-refractivity contribution in [3.05, 3.63) is 0 Å². The van der Waals surface area contributed by atoms with E-state index in [-0.39, 0.29) is 42.7 Å². The maximum absolute atomic E-state index is 12.1. The number of carbonyl (C=O) groups excluding carboxylic acids is 1. The van der Waals surface area contributed by atoms with Gasteiger partial charge in [0.05, 0.1) is 0 Å². The van der Waals surface area contributed by atoms with Crippen LogP contribution in [0, 0.1) is 11.8 Å². The van der Waals surface area contributed by atoms with Gasteiger partial charge in [0, 0.05) is 18.5 Å². The van der Waals surface area contributed by atoms with Crippen LogP contribution in [-0.4, -0.2) is 43.0 Å². The number of nitrogens with two attached hydrogens (primary N) is 1. The highest BCUT2D eigenvalue weighted by Crippen LogP contribution is 2.23. The lowest BCUT2D eigenvalue weighted by molar-refractivity contribution is -0.126. The molecule has 0 spiro atoms. The SMILES string of the molecule is CC1CCN(CCCNC(=O)C2CCCC(N)C2)CC1.Cl.Cl. The summed E-state index contributed by atoms with van der Waals surface area (Å²) in [6.07, 6.45) is 7.79. The molecule has 2 atom stereocenters. The van der Waals surface area contributed by atoms with E-state index >= 15 is 0 Å². The molecule has 2 aliphatic rings. The molecule has 1 saturated heterocycles. The highest BCUT2D eigenvalue weighted by Gasteiger charge is 2.24. The van der Waals surface area contributed by atoms with E-state index in [2.05, 4.69) is 17.1 Å². The lowest BCUT2D eigenvalue weighted by Crippen LogP contribution is -2.39. The van der Waals surface area contributed by atoms with Gasteiger partial charge in [0.1, 0.15) is 0 Å². The van der Waals surface area contributed by atoms with E-state index in [0.29, 0.717) is 0 Å². The van der Waals surface area contributed by atoms with Crippen LogP contribution >= 0.6 is 24.8 Å². The summed E-state index contributed by atoms with van der Waals surface area (Å²) in [6, 6.07) is 0.231. The summed E-state index contributed by atoms with van der Waals surface area (Å²) in [7, 11) is 0. The van der Waals surface area contributed by atoms with E-state index in [0.717, 1.165) is 51.1 Å². The van der Waals surface area contributed by atoms with Crippen molar-refractivity contribution in [3.8, 4) is 0 Å². The van der Waals surface area contributed by atoms with E-state index in [9.17, 15) is 4.79 Å². The number of halogens is 2. The topological polar surface area (TPSA) is 58.4 Å². The van der Waals surface area contributed by atoms with Gasteiger partial charge >= 0.3 is 0 Å². The average molecular weight is 354 g/mol. The molecule has 1 amide bonds. The Bertz CT molecular complexity index is 310. The molecule has 1 aliphatic heterocycles. The second-order valence-corrected chi connectivity index (χ2v) is 6.79. The van der Waals surface area contributed by atoms with Gasteiger partial charge in [-0.3, -0.25) is 4.79 Å². The van der Waals surface area contributed by atoms with E-state index < -0.39 is 0 Å². The fourth-order valence-corrected chi connectivity index (χ4v) is 3.41. The minimum atomic E-state index is 0. The van der Waals surface area contributed by atoms with Gasteiger partial charge in [-0.05, 0) is 64.1 Å². The van der Waals surface area contributed by atoms with Gasteiger partial charge in [-0.15, -0.1) is 24.8 Å². The van der Waals surface area contributed by atoms with Crippen LogP contribution < -0.4 is 11.1 Å². The molecule has 2 fully saturated rings. The van der Waals surface area contributed by atoms with Crippen LogP contribution in [0.4, 0.5) is 0 Å². The van der Waals surface area contributed by atoms with Crippen molar-refractivity contribution in [3.63, 3.8) is 0 Å². The lowest BCUT2D eigenvalue weighted by Gasteiger charge is -2.30. The molecule has 0 aromatic heterocycles. The van der Waals surface area contributed by atoms with E-state index in [1.807, 2.05) is 0 Å². The van der Waals surface area contributed by atoms with E-state index in [1.165, 1.54) is 25.9 Å². The quantitative estimate of drug-likeness (QED) is 0.746. The fraction of sp³-hybridized carbons (Fsp3) is 0.938. The molecule has 1 aliphatic carbocycles. The Morgan fingerprint density at radius 1 is 1.18 bits per heavy atom. The Balaban J connectivity index is 0.00000220. The lowest BCUT2D eigenvalue weighted by atomic mass is 9.85. The first-order valence-corrected chi connectivity index (χ1v) is 8.41. The third-order valence-electron chi connectivity index (χ3n) is 4.91. The molecule has 6 heteroatoms. The highest BCUT2D eigenvalue weighted by atomic mass is 35.5. The monoisotopic (exact) mass is 353 g/mol. The molecule has 2 unspecified atom stereocenters. The second kappa shape index (κ2) is 11.5. The summed E-state index contributed by atoms with van der Waals surface area (Å²) in [5.74, 6) is 1.28. The van der Waals surface area contributed by atoms with Gasteiger partial charge in [-0.1, -0.05) is 13.3 Å². The van der Waals surface area contributed by atoms with Crippen LogP contribution in [0.5, 0.6) is 0 Å². The molecule has 0 aromatic rings. The normalized spacial score (nSPS) is 26.6. The average Bonchev–Trinajstić information content (AvgIpc) is 2.45. The molecule has 2 rings (SSSR count). The third kappa shape index (κ3) is 7.49. The molecular formula is C16H33Cl2N3O. The Labute approximate surface area is 147 Å². The van der Waals surface area contributed by atoms with Crippen LogP contribution in [0.2, 0.25) is 0 Å². The number of hydrogen-bond donors (Lipinski definition) is 2. The molecule has 0 aromatic carbocycles. The second-order valence-electron chi connectivity index (χ2n) is 6.79. The summed E-state index contributed by atoms with van der Waals surface area (Å²) in [4.78, 5) is 14.6. The number of rotatable bonds is 5. The van der Waals surface area contributed by atoms with Crippen LogP contribution in [-0.2, 0) is 4.79 Å². The van der Waals surface area contributed by atoms with Crippen molar-refractivity contribution >= 4 is 30.7 Å². The molecule has 3 N–H and O–H groups in total. The maximum Gasteiger partial charge on any atom is 0.223 e. The molecule has 1 saturated carbocycles. The van der Waals surface area contributed by atoms with Crippen molar-refractivity contribution in [2.45, 2.75) is 57.9 Å². The van der Waals surface area contributed by atoms with Crippen LogP contribution in [0.15, 0.2) is 0 Å². The Kier molecular flexibility index (Phi) is 11.5. The van der Waals surface area contributed by atoms with Gasteiger partial charge < -0.3 is 16.0 Å². The molecule has 1 heterocycles. The molecule has 0 bridgehead atoms. The van der Waals surface area contributed by atoms with Crippen molar-refractivity contribution in [1.82, 2.24) is 10.2 Å². The van der Waals surface area contributed by atoms with Crippen LogP contribution in [0.25, 0.3) is 0 Å². The van der Waals surface area contributed by atoms with Gasteiger partial charge in [0.25, 0.3) is 0 Å². The number of hydrogen-bond acceptors (Lipinski definition) is 3. The highest BCUT2D eigenvalue weighted by molar-refractivity contribution is 5.85. The van der Waals surface area contributed by atoms with Crippen molar-refractivity contribution in [2.75, 3.05) is 26.2 Å². The fourth-order valence-electron chi connectivity index (χ4n) is 3.41. The molecule has 4 nitrogen and oxygen atoms in total. The molecular weight excluding hydrogens is 321 g/mol. The van der Waals surface area contributed by atoms with Crippen molar-refractivity contribution < 1.29 is 4.79 Å². The summed E-state index contributed by atoms with van der Waals surface area (Å²) in [6.45, 7) is 6.74. The molecule has 132 valence electrons. The Morgan fingerprint density at radius 2 is 1.86 bits per heavy atom. The summed E-state index contributed by atoms with van der Waals surface area (Å²) in [5.41, 5.74) is 5.94. The van der Waals surface area contributed by atoms with Gasteiger partial charge in [0.2, 0.25) is 5.91 Å². The molecule has 0 radical (unpaired) electrons. The van der Waals surface area contributed by atoms with Gasteiger partial charge in [0.15, 0.2) is 0 Å². The number of piperidine rings is 1. The predicted octanol–water partition coefficient (Wildman–Crippen LogP) is 2.59. The number of nitrogens with zero attached hydrogens (tertiary/aromatic N) is 1. The van der Waals surface area contributed by atoms with Crippen LogP contribution in [0.1, 0.15) is 51.9 Å². The Morgan fingerprint density at radius 3 is 2.50 bits per heavy atom. The first-order valence-electron chi connectivity index (χ1n) is 8.41. The standard InChI is InChI=1S/C16H31N3O.2ClH/c1-13-6-10-19(11-7-13)9-3-8-18-16(20)14-4-2-5-15(17)12-14;;/h13-15H,2-12,17H2,1H3,(H,18,20);2*1H. The molecule has 22 heavy (non-hydrogen) atoms. The first-order chi connectivity index (χ1) is 9.65. The number of carbonyl (C=O) groups is 1. The zero-order valence-corrected chi connectivity index (χ0v) is 15.4. The zero-order valence-electron chi connectivity index (χ0n) is 13.8. The minimum absolute atomic E-state index is 0. The van der Waals surface area contributed by atoms with E-state index in [4.69, 9.17) is 5.73 Å². The summed E-state index contributed by atoms with van der Waals surface area (Å²) in [5, 5.41) is 3.10. The smallest absolute Gasteiger partial charge is 0.223 e. The maximum atomic E-state index is 12.1. The zero-order chi connectivity index (χ0) is 14.4. The number of nitrogens with one attached hydrogen (secondary N) is 1. The number of likely N-dealkylation sites (tertiary alicyclic amines) is 1. The predicted molar refractivity (Wildman–Crippen MR) is 96.9 cm³/mol. The first kappa shape index (κ1) is 22.0. The Hall–Kier alpha value is -0.0300. The van der Waals surface area contributed by atoms with Crippen molar-refractivity contribution in [2.24, 2.45) is 17.6 Å². The largest absolute Gasteiger partial charge is 0.356 e. The summed E-state index contributed by atoms with van der Waals surface area (Å²) < 4.78 is 0. The van der Waals surface area contributed by atoms with Crippen molar-refractivity contribution in [1.29, 1.82) is 0 Å². The number of amides is 1. The minimum Gasteiger partial charge on any atom is -0.356 e. The van der Waals surface area contributed by atoms with Gasteiger partial charge in [-0.2, -0.15) is 0 Å². The van der Waals surface area contributed by atoms with Crippen LogP contribution in [0.3, 0.4) is 0 Å². The van der Waals surface area contributed by atoms with Gasteiger partial charge in [-0.25, -0.2) is 0 Å². The summed E-state index contributed by atoms with van der Waals surface area (Å²) >= 11 is 0.